The number of carbonyl (C=O) groups is 3. The maximum Gasteiger partial charge on any atom is 0.343 e. The molecule has 122 valence electrons. The monoisotopic (exact) mass is 337 g/mol. The highest BCUT2D eigenvalue weighted by Gasteiger charge is 2.31. The molecule has 1 aromatic rings. The molecule has 1 aliphatic rings. The summed E-state index contributed by atoms with van der Waals surface area (Å²) in [6.45, 7) is -0.235. The molecule has 0 atom stereocenters. The van der Waals surface area contributed by atoms with Crippen molar-refractivity contribution in [3.05, 3.63) is 28.7 Å². The molecule has 1 aromatic carbocycles. The largest absolute Gasteiger partial charge is 0.493 e. The Bertz CT molecular complexity index is 685. The van der Waals surface area contributed by atoms with Crippen LogP contribution in [0.3, 0.4) is 0 Å². The smallest absolute Gasteiger partial charge is 0.343 e. The van der Waals surface area contributed by atoms with E-state index in [1.807, 2.05) is 0 Å². The van der Waals surface area contributed by atoms with Crippen LogP contribution in [0, 0.1) is 0 Å². The second-order valence-electron chi connectivity index (χ2n) is 4.52. The molecule has 1 fully saturated rings. The number of benzene rings is 1. The van der Waals surface area contributed by atoms with E-state index in [1.165, 1.54) is 21.3 Å². The van der Waals surface area contributed by atoms with Crippen LogP contribution in [0.1, 0.15) is 5.56 Å². The van der Waals surface area contributed by atoms with Crippen molar-refractivity contribution in [1.29, 1.82) is 0 Å². The number of amides is 2. The fourth-order valence-electron chi connectivity index (χ4n) is 1.79. The van der Waals surface area contributed by atoms with Gasteiger partial charge in [0.1, 0.15) is 0 Å². The number of nitrogens with zero attached hydrogens (tertiary/aromatic N) is 1. The minimum Gasteiger partial charge on any atom is -0.493 e. The SMILES string of the molecule is COC(=O)COc1ccc(/C=C2\SC(=O)N(C)C2=O)cc1OC. The third-order valence-corrected chi connectivity index (χ3v) is 4.01. The van der Waals surface area contributed by atoms with Crippen LogP contribution in [0.4, 0.5) is 4.79 Å². The van der Waals surface area contributed by atoms with Gasteiger partial charge in [0, 0.05) is 7.05 Å². The van der Waals surface area contributed by atoms with Crippen LogP contribution in [0.15, 0.2) is 23.1 Å². The minimum absolute atomic E-state index is 0.235. The van der Waals surface area contributed by atoms with Gasteiger partial charge in [-0.05, 0) is 35.5 Å². The lowest BCUT2D eigenvalue weighted by Gasteiger charge is -2.10. The van der Waals surface area contributed by atoms with E-state index in [0.717, 1.165) is 16.7 Å². The van der Waals surface area contributed by atoms with E-state index in [9.17, 15) is 14.4 Å². The van der Waals surface area contributed by atoms with Gasteiger partial charge in [-0.25, -0.2) is 4.79 Å². The van der Waals surface area contributed by atoms with Gasteiger partial charge in [0.05, 0.1) is 19.1 Å². The Labute approximate surface area is 137 Å². The number of methoxy groups -OCH3 is 2. The molecule has 0 N–H and O–H groups in total. The van der Waals surface area contributed by atoms with E-state index in [-0.39, 0.29) is 17.8 Å². The number of rotatable bonds is 5. The lowest BCUT2D eigenvalue weighted by molar-refractivity contribution is -0.142. The van der Waals surface area contributed by atoms with Gasteiger partial charge in [-0.1, -0.05) is 6.07 Å². The van der Waals surface area contributed by atoms with Gasteiger partial charge in [-0.15, -0.1) is 0 Å². The molecule has 2 amide bonds. The molecule has 0 aromatic heterocycles. The predicted molar refractivity (Wildman–Crippen MR) is 84.2 cm³/mol. The first-order valence-corrected chi connectivity index (χ1v) is 7.37. The van der Waals surface area contributed by atoms with Crippen molar-refractivity contribution in [2.45, 2.75) is 0 Å². The van der Waals surface area contributed by atoms with Crippen molar-refractivity contribution >= 4 is 35.0 Å². The van der Waals surface area contributed by atoms with Crippen LogP contribution < -0.4 is 9.47 Å². The Kier molecular flexibility index (Phi) is 5.28. The number of thioether (sulfide) groups is 1. The molecule has 0 unspecified atom stereocenters. The summed E-state index contributed by atoms with van der Waals surface area (Å²) < 4.78 is 15.0. The van der Waals surface area contributed by atoms with E-state index in [2.05, 4.69) is 4.74 Å². The van der Waals surface area contributed by atoms with Crippen LogP contribution >= 0.6 is 11.8 Å². The Morgan fingerprint density at radius 2 is 2.00 bits per heavy atom. The molecule has 0 saturated carbocycles. The predicted octanol–water partition coefficient (Wildman–Crippen LogP) is 1.91. The molecule has 0 spiro atoms. The van der Waals surface area contributed by atoms with Crippen molar-refractivity contribution in [1.82, 2.24) is 4.90 Å². The molecular formula is C15H15NO6S. The third-order valence-electron chi connectivity index (χ3n) is 3.05. The van der Waals surface area contributed by atoms with Gasteiger partial charge in [0.25, 0.3) is 11.1 Å². The Balaban J connectivity index is 2.20. The second kappa shape index (κ2) is 7.19. The van der Waals surface area contributed by atoms with Crippen LogP contribution in [-0.4, -0.2) is 49.9 Å². The fourth-order valence-corrected chi connectivity index (χ4v) is 2.61. The topological polar surface area (TPSA) is 82.1 Å². The van der Waals surface area contributed by atoms with Crippen LogP contribution in [0.2, 0.25) is 0 Å². The van der Waals surface area contributed by atoms with Gasteiger partial charge in [-0.3, -0.25) is 14.5 Å². The van der Waals surface area contributed by atoms with E-state index in [4.69, 9.17) is 9.47 Å². The van der Waals surface area contributed by atoms with Crippen molar-refractivity contribution in [3.63, 3.8) is 0 Å². The summed E-state index contributed by atoms with van der Waals surface area (Å²) in [6.07, 6.45) is 1.60. The quantitative estimate of drug-likeness (QED) is 0.599. The summed E-state index contributed by atoms with van der Waals surface area (Å²) in [6, 6.07) is 4.96. The molecule has 0 aliphatic carbocycles. The van der Waals surface area contributed by atoms with Gasteiger partial charge < -0.3 is 14.2 Å². The third kappa shape index (κ3) is 3.84. The fraction of sp³-hybridized carbons (Fsp3) is 0.267. The zero-order valence-corrected chi connectivity index (χ0v) is 13.6. The summed E-state index contributed by atoms with van der Waals surface area (Å²) >= 11 is 0.877. The Morgan fingerprint density at radius 1 is 1.26 bits per heavy atom. The summed E-state index contributed by atoms with van der Waals surface area (Å²) in [4.78, 5) is 35.8. The maximum absolute atomic E-state index is 11.9. The van der Waals surface area contributed by atoms with Gasteiger partial charge in [-0.2, -0.15) is 0 Å². The average molecular weight is 337 g/mol. The van der Waals surface area contributed by atoms with Crippen LogP contribution in [0.5, 0.6) is 11.5 Å². The van der Waals surface area contributed by atoms with Crippen molar-refractivity contribution in [2.75, 3.05) is 27.9 Å². The van der Waals surface area contributed by atoms with Crippen molar-refractivity contribution < 1.29 is 28.6 Å². The number of hydrogen-bond acceptors (Lipinski definition) is 7. The molecule has 1 saturated heterocycles. The molecule has 1 aliphatic heterocycles. The van der Waals surface area contributed by atoms with Crippen molar-refractivity contribution in [2.24, 2.45) is 0 Å². The number of imide groups is 1. The standard InChI is InChI=1S/C15H15NO6S/c1-16-14(18)12(23-15(16)19)7-9-4-5-10(11(6-9)20-2)22-8-13(17)21-3/h4-7H,8H2,1-3H3/b12-7-. The molecule has 1 heterocycles. The average Bonchev–Trinajstić information content (AvgIpc) is 2.80. The molecule has 0 bridgehead atoms. The zero-order chi connectivity index (χ0) is 17.0. The van der Waals surface area contributed by atoms with E-state index < -0.39 is 5.97 Å². The normalized spacial score (nSPS) is 16.0. The highest BCUT2D eigenvalue weighted by atomic mass is 32.2. The van der Waals surface area contributed by atoms with E-state index in [1.54, 1.807) is 24.3 Å². The minimum atomic E-state index is -0.507. The number of ether oxygens (including phenoxy) is 3. The van der Waals surface area contributed by atoms with Gasteiger partial charge >= 0.3 is 5.97 Å². The highest BCUT2D eigenvalue weighted by Crippen LogP contribution is 2.33. The number of esters is 1. The summed E-state index contributed by atoms with van der Waals surface area (Å²) in [7, 11) is 4.17. The summed E-state index contributed by atoms with van der Waals surface area (Å²) in [5.74, 6) is -0.0743. The first-order valence-electron chi connectivity index (χ1n) is 6.55. The molecular weight excluding hydrogens is 322 g/mol. The lowest BCUT2D eigenvalue weighted by Crippen LogP contribution is -2.22. The first kappa shape index (κ1) is 16.9. The van der Waals surface area contributed by atoms with E-state index in [0.29, 0.717) is 22.0 Å². The second-order valence-corrected chi connectivity index (χ2v) is 5.51. The zero-order valence-electron chi connectivity index (χ0n) is 12.8. The molecule has 23 heavy (non-hydrogen) atoms. The Hall–Kier alpha value is -2.48. The van der Waals surface area contributed by atoms with Gasteiger partial charge in [0.2, 0.25) is 0 Å². The lowest BCUT2D eigenvalue weighted by atomic mass is 10.2. The number of hydrogen-bond donors (Lipinski definition) is 0. The van der Waals surface area contributed by atoms with Gasteiger partial charge in [0.15, 0.2) is 18.1 Å². The molecule has 8 heteroatoms. The Morgan fingerprint density at radius 3 is 2.57 bits per heavy atom. The van der Waals surface area contributed by atoms with Crippen molar-refractivity contribution in [3.8, 4) is 11.5 Å². The number of likely N-dealkylation sites (N-methyl/N-ethyl adjacent to an activating group) is 1. The molecule has 0 radical (unpaired) electrons. The molecule has 7 nitrogen and oxygen atoms in total. The summed E-state index contributed by atoms with van der Waals surface area (Å²) in [5, 5.41) is -0.314. The highest BCUT2D eigenvalue weighted by molar-refractivity contribution is 8.18. The molecule has 2 rings (SSSR count). The van der Waals surface area contributed by atoms with Crippen LogP contribution in [-0.2, 0) is 14.3 Å². The van der Waals surface area contributed by atoms with E-state index >= 15 is 0 Å². The van der Waals surface area contributed by atoms with Crippen LogP contribution in [0.25, 0.3) is 6.08 Å². The first-order chi connectivity index (χ1) is 11.0. The summed E-state index contributed by atoms with van der Waals surface area (Å²) in [5.41, 5.74) is 0.672. The maximum atomic E-state index is 11.9. The number of carbonyl (C=O) groups excluding carboxylic acids is 3.